The number of nitrogens with zero attached hydrogens (tertiary/aromatic N) is 1. The van der Waals surface area contributed by atoms with Crippen LogP contribution in [0.25, 0.3) is 0 Å². The quantitative estimate of drug-likeness (QED) is 0.674. The predicted molar refractivity (Wildman–Crippen MR) is 75.5 cm³/mol. The molecule has 0 saturated carbocycles. The van der Waals surface area contributed by atoms with E-state index >= 15 is 0 Å². The van der Waals surface area contributed by atoms with Crippen molar-refractivity contribution in [3.05, 3.63) is 23.8 Å². The molecule has 114 valence electrons. The molecular formula is C14H18N2O5. The van der Waals surface area contributed by atoms with E-state index in [9.17, 15) is 19.8 Å². The summed E-state index contributed by atoms with van der Waals surface area (Å²) in [6.07, 6.45) is 2.61. The highest BCUT2D eigenvalue weighted by Crippen LogP contribution is 2.23. The molecule has 1 aromatic rings. The van der Waals surface area contributed by atoms with Crippen LogP contribution in [-0.2, 0) is 0 Å². The third-order valence-corrected chi connectivity index (χ3v) is 3.58. The average Bonchev–Trinajstić information content (AvgIpc) is 2.46. The van der Waals surface area contributed by atoms with Gasteiger partial charge in [0.1, 0.15) is 11.3 Å². The summed E-state index contributed by atoms with van der Waals surface area (Å²) >= 11 is 0. The summed E-state index contributed by atoms with van der Waals surface area (Å²) in [7, 11) is 0. The normalized spacial score (nSPS) is 18.3. The molecule has 1 aromatic carbocycles. The number of aromatic hydroxyl groups is 1. The number of urea groups is 1. The number of piperidine rings is 1. The molecule has 4 N–H and O–H groups in total. The molecule has 1 aliphatic heterocycles. The monoisotopic (exact) mass is 294 g/mol. The van der Waals surface area contributed by atoms with Crippen molar-refractivity contribution in [2.45, 2.75) is 25.3 Å². The fourth-order valence-electron chi connectivity index (χ4n) is 2.44. The molecule has 1 heterocycles. The Bertz CT molecular complexity index is 546. The number of amides is 2. The second kappa shape index (κ2) is 6.45. The van der Waals surface area contributed by atoms with Crippen LogP contribution in [0.1, 0.15) is 29.6 Å². The number of carboxylic acids is 1. The van der Waals surface area contributed by atoms with E-state index in [2.05, 4.69) is 5.32 Å². The first kappa shape index (κ1) is 15.1. The van der Waals surface area contributed by atoms with Gasteiger partial charge in [-0.15, -0.1) is 0 Å². The van der Waals surface area contributed by atoms with Crippen LogP contribution in [0.2, 0.25) is 0 Å². The summed E-state index contributed by atoms with van der Waals surface area (Å²) in [5.41, 5.74) is 0.0870. The molecule has 21 heavy (non-hydrogen) atoms. The van der Waals surface area contributed by atoms with Gasteiger partial charge >= 0.3 is 12.0 Å². The first-order valence-electron chi connectivity index (χ1n) is 6.77. The first-order chi connectivity index (χ1) is 10.0. The molecule has 2 amide bonds. The fourth-order valence-corrected chi connectivity index (χ4v) is 2.44. The average molecular weight is 294 g/mol. The van der Waals surface area contributed by atoms with Crippen molar-refractivity contribution >= 4 is 17.7 Å². The van der Waals surface area contributed by atoms with Gasteiger partial charge in [-0.2, -0.15) is 0 Å². The van der Waals surface area contributed by atoms with Crippen molar-refractivity contribution in [1.82, 2.24) is 4.90 Å². The van der Waals surface area contributed by atoms with E-state index in [-0.39, 0.29) is 24.2 Å². The molecule has 0 aliphatic carbocycles. The highest BCUT2D eigenvalue weighted by Gasteiger charge is 2.26. The van der Waals surface area contributed by atoms with Gasteiger partial charge in [-0.3, -0.25) is 0 Å². The zero-order valence-corrected chi connectivity index (χ0v) is 11.5. The minimum absolute atomic E-state index is 0.0867. The van der Waals surface area contributed by atoms with Gasteiger partial charge in [-0.05, 0) is 31.4 Å². The van der Waals surface area contributed by atoms with E-state index in [0.717, 1.165) is 19.3 Å². The molecule has 1 unspecified atom stereocenters. The maximum Gasteiger partial charge on any atom is 0.339 e. The Morgan fingerprint density at radius 1 is 1.33 bits per heavy atom. The maximum atomic E-state index is 12.2. The van der Waals surface area contributed by atoms with Crippen LogP contribution in [0.4, 0.5) is 10.5 Å². The lowest BCUT2D eigenvalue weighted by Crippen LogP contribution is -2.47. The zero-order valence-electron chi connectivity index (χ0n) is 11.5. The van der Waals surface area contributed by atoms with E-state index in [1.165, 1.54) is 18.2 Å². The van der Waals surface area contributed by atoms with Crippen LogP contribution in [0.3, 0.4) is 0 Å². The Balaban J connectivity index is 2.08. The number of aliphatic hydroxyl groups excluding tert-OH is 1. The molecule has 1 fully saturated rings. The van der Waals surface area contributed by atoms with E-state index in [1.807, 2.05) is 0 Å². The van der Waals surface area contributed by atoms with E-state index in [0.29, 0.717) is 12.2 Å². The molecule has 0 radical (unpaired) electrons. The third-order valence-electron chi connectivity index (χ3n) is 3.58. The minimum atomic E-state index is -1.23. The highest BCUT2D eigenvalue weighted by molar-refractivity contribution is 5.94. The number of carboxylic acid groups (broad SMARTS) is 1. The number of likely N-dealkylation sites (tertiary alicyclic amines) is 1. The molecule has 1 atom stereocenters. The molecule has 1 aliphatic rings. The predicted octanol–water partition coefficient (Wildman–Crippen LogP) is 1.47. The number of carbonyl (C=O) groups excluding carboxylic acids is 1. The number of benzene rings is 1. The number of rotatable bonds is 3. The zero-order chi connectivity index (χ0) is 15.4. The number of aliphatic hydroxyl groups is 1. The highest BCUT2D eigenvalue weighted by atomic mass is 16.4. The van der Waals surface area contributed by atoms with Crippen LogP contribution >= 0.6 is 0 Å². The Labute approximate surface area is 121 Å². The summed E-state index contributed by atoms with van der Waals surface area (Å²) in [6.45, 7) is 0.479. The molecular weight excluding hydrogens is 276 g/mol. The van der Waals surface area contributed by atoms with Crippen molar-refractivity contribution < 1.29 is 24.9 Å². The standard InChI is InChI=1S/C14H18N2O5/c17-8-10-3-1-2-6-16(10)14(21)15-9-4-5-11(13(19)20)12(18)7-9/h4-5,7,10,17-18H,1-3,6,8H2,(H,15,21)(H,19,20). The summed E-state index contributed by atoms with van der Waals surface area (Å²) in [5.74, 6) is -1.64. The van der Waals surface area contributed by atoms with Gasteiger partial charge < -0.3 is 25.5 Å². The summed E-state index contributed by atoms with van der Waals surface area (Å²) < 4.78 is 0. The number of anilines is 1. The Hall–Kier alpha value is -2.28. The molecule has 0 aromatic heterocycles. The molecule has 0 spiro atoms. The van der Waals surface area contributed by atoms with Crippen molar-refractivity contribution in [2.24, 2.45) is 0 Å². The maximum absolute atomic E-state index is 12.2. The molecule has 7 heteroatoms. The van der Waals surface area contributed by atoms with Crippen LogP contribution in [0, 0.1) is 0 Å². The third kappa shape index (κ3) is 3.43. The van der Waals surface area contributed by atoms with E-state index in [1.54, 1.807) is 4.90 Å². The van der Waals surface area contributed by atoms with Gasteiger partial charge in [0.15, 0.2) is 0 Å². The lowest BCUT2D eigenvalue weighted by molar-refractivity contribution is 0.0694. The van der Waals surface area contributed by atoms with Crippen LogP contribution < -0.4 is 5.32 Å². The fraction of sp³-hybridized carbons (Fsp3) is 0.429. The lowest BCUT2D eigenvalue weighted by atomic mass is 10.0. The number of hydrogen-bond donors (Lipinski definition) is 4. The number of hydrogen-bond acceptors (Lipinski definition) is 4. The Morgan fingerprint density at radius 3 is 2.71 bits per heavy atom. The van der Waals surface area contributed by atoms with Crippen molar-refractivity contribution in [3.8, 4) is 5.75 Å². The molecule has 1 saturated heterocycles. The SMILES string of the molecule is O=C(O)c1ccc(NC(=O)N2CCCCC2CO)cc1O. The smallest absolute Gasteiger partial charge is 0.339 e. The molecule has 7 nitrogen and oxygen atoms in total. The summed E-state index contributed by atoms with van der Waals surface area (Å²) in [4.78, 5) is 24.5. The van der Waals surface area contributed by atoms with Crippen molar-refractivity contribution in [3.63, 3.8) is 0 Å². The molecule has 2 rings (SSSR count). The number of nitrogens with one attached hydrogen (secondary N) is 1. The molecule has 0 bridgehead atoms. The van der Waals surface area contributed by atoms with Gasteiger partial charge in [-0.1, -0.05) is 0 Å². The topological polar surface area (TPSA) is 110 Å². The number of phenols is 1. The van der Waals surface area contributed by atoms with Crippen molar-refractivity contribution in [1.29, 1.82) is 0 Å². The Kier molecular flexibility index (Phi) is 4.64. The lowest BCUT2D eigenvalue weighted by Gasteiger charge is -2.34. The van der Waals surface area contributed by atoms with Gasteiger partial charge in [-0.25, -0.2) is 9.59 Å². The largest absolute Gasteiger partial charge is 0.507 e. The minimum Gasteiger partial charge on any atom is -0.507 e. The van der Waals surface area contributed by atoms with Gasteiger partial charge in [0.2, 0.25) is 0 Å². The van der Waals surface area contributed by atoms with Crippen LogP contribution in [0.5, 0.6) is 5.75 Å². The summed E-state index contributed by atoms with van der Waals surface area (Å²) in [6, 6.07) is 3.27. The summed E-state index contributed by atoms with van der Waals surface area (Å²) in [5, 5.41) is 30.3. The second-order valence-electron chi connectivity index (χ2n) is 4.99. The van der Waals surface area contributed by atoms with Gasteiger partial charge in [0.05, 0.1) is 12.6 Å². The van der Waals surface area contributed by atoms with Crippen LogP contribution in [-0.4, -0.2) is 51.4 Å². The van der Waals surface area contributed by atoms with Crippen LogP contribution in [0.15, 0.2) is 18.2 Å². The van der Waals surface area contributed by atoms with Crippen molar-refractivity contribution in [2.75, 3.05) is 18.5 Å². The Morgan fingerprint density at radius 2 is 2.10 bits per heavy atom. The second-order valence-corrected chi connectivity index (χ2v) is 4.99. The number of carbonyl (C=O) groups is 2. The number of aromatic carboxylic acids is 1. The van der Waals surface area contributed by atoms with E-state index < -0.39 is 11.7 Å². The first-order valence-corrected chi connectivity index (χ1v) is 6.77. The van der Waals surface area contributed by atoms with Gasteiger partial charge in [0, 0.05) is 18.3 Å². The van der Waals surface area contributed by atoms with E-state index in [4.69, 9.17) is 5.11 Å². The van der Waals surface area contributed by atoms with Gasteiger partial charge in [0.25, 0.3) is 0 Å².